The second kappa shape index (κ2) is 4.69. The van der Waals surface area contributed by atoms with Crippen LogP contribution in [0.25, 0.3) is 5.69 Å². The van der Waals surface area contributed by atoms with Crippen LogP contribution in [0.15, 0.2) is 42.6 Å². The van der Waals surface area contributed by atoms with Crippen molar-refractivity contribution < 1.29 is 4.74 Å². The predicted octanol–water partition coefficient (Wildman–Crippen LogP) is 1.36. The molecule has 0 saturated carbocycles. The van der Waals surface area contributed by atoms with Gasteiger partial charge in [-0.1, -0.05) is 18.2 Å². The number of aromatic nitrogens is 2. The number of hydrogen-bond acceptors (Lipinski definition) is 3. The molecule has 1 aliphatic rings. The smallest absolute Gasteiger partial charge is 0.0767 e. The summed E-state index contributed by atoms with van der Waals surface area (Å²) >= 11 is 0. The van der Waals surface area contributed by atoms with Crippen molar-refractivity contribution in [3.63, 3.8) is 0 Å². The van der Waals surface area contributed by atoms with Gasteiger partial charge in [0.15, 0.2) is 0 Å². The van der Waals surface area contributed by atoms with Crippen molar-refractivity contribution in [3.8, 4) is 5.69 Å². The van der Waals surface area contributed by atoms with Crippen LogP contribution in [-0.4, -0.2) is 29.0 Å². The summed E-state index contributed by atoms with van der Waals surface area (Å²) in [5, 5.41) is 7.92. The van der Waals surface area contributed by atoms with Crippen LogP contribution in [-0.2, 0) is 11.3 Å². The highest BCUT2D eigenvalue weighted by molar-refractivity contribution is 5.30. The van der Waals surface area contributed by atoms with E-state index < -0.39 is 0 Å². The van der Waals surface area contributed by atoms with Crippen LogP contribution >= 0.6 is 0 Å². The Morgan fingerprint density at radius 2 is 2.06 bits per heavy atom. The Balaban J connectivity index is 1.65. The summed E-state index contributed by atoms with van der Waals surface area (Å²) in [7, 11) is 0. The normalized spacial score (nSPS) is 15.8. The fraction of sp³-hybridized carbons (Fsp3) is 0.308. The summed E-state index contributed by atoms with van der Waals surface area (Å²) in [5.74, 6) is 0. The van der Waals surface area contributed by atoms with Gasteiger partial charge in [0.05, 0.1) is 30.6 Å². The predicted molar refractivity (Wildman–Crippen MR) is 65.0 cm³/mol. The maximum Gasteiger partial charge on any atom is 0.0767 e. The van der Waals surface area contributed by atoms with Crippen LogP contribution in [0.5, 0.6) is 0 Å². The van der Waals surface area contributed by atoms with Crippen LogP contribution in [0.3, 0.4) is 0 Å². The first-order chi connectivity index (χ1) is 8.42. The minimum atomic E-state index is 0.497. The van der Waals surface area contributed by atoms with E-state index in [-0.39, 0.29) is 0 Å². The Labute approximate surface area is 100 Å². The molecular formula is C13H15N3O. The first-order valence-electron chi connectivity index (χ1n) is 5.83. The molecule has 0 radical (unpaired) electrons. The van der Waals surface area contributed by atoms with E-state index in [2.05, 4.69) is 10.4 Å². The van der Waals surface area contributed by atoms with Crippen LogP contribution in [0.4, 0.5) is 0 Å². The number of ether oxygens (including phenoxy) is 1. The number of nitrogens with zero attached hydrogens (tertiary/aromatic N) is 2. The van der Waals surface area contributed by atoms with Crippen molar-refractivity contribution >= 4 is 0 Å². The van der Waals surface area contributed by atoms with Crippen LogP contribution in [0.2, 0.25) is 0 Å². The van der Waals surface area contributed by atoms with E-state index in [0.717, 1.165) is 31.1 Å². The van der Waals surface area contributed by atoms with Crippen molar-refractivity contribution in [1.82, 2.24) is 15.1 Å². The summed E-state index contributed by atoms with van der Waals surface area (Å²) < 4.78 is 7.01. The highest BCUT2D eigenvalue weighted by Gasteiger charge is 2.17. The third-order valence-electron chi connectivity index (χ3n) is 2.87. The molecule has 3 rings (SSSR count). The quantitative estimate of drug-likeness (QED) is 0.860. The van der Waals surface area contributed by atoms with Crippen molar-refractivity contribution in [3.05, 3.63) is 48.3 Å². The molecule has 17 heavy (non-hydrogen) atoms. The Bertz CT molecular complexity index is 476. The first-order valence-corrected chi connectivity index (χ1v) is 5.83. The molecule has 0 atom stereocenters. The molecule has 1 saturated heterocycles. The van der Waals surface area contributed by atoms with Gasteiger partial charge in [0.1, 0.15) is 0 Å². The lowest BCUT2D eigenvalue weighted by molar-refractivity contribution is -0.00591. The summed E-state index contributed by atoms with van der Waals surface area (Å²) in [4.78, 5) is 0. The molecule has 88 valence electrons. The molecule has 4 nitrogen and oxygen atoms in total. The molecule has 0 unspecified atom stereocenters. The summed E-state index contributed by atoms with van der Waals surface area (Å²) in [6.45, 7) is 2.44. The van der Waals surface area contributed by atoms with Crippen LogP contribution < -0.4 is 5.32 Å². The molecule has 2 aromatic rings. The van der Waals surface area contributed by atoms with Gasteiger partial charge in [-0.15, -0.1) is 0 Å². The van der Waals surface area contributed by atoms with E-state index in [4.69, 9.17) is 4.74 Å². The molecule has 4 heteroatoms. The van der Waals surface area contributed by atoms with Gasteiger partial charge in [-0.3, -0.25) is 0 Å². The zero-order valence-corrected chi connectivity index (χ0v) is 9.54. The molecule has 1 N–H and O–H groups in total. The van der Waals surface area contributed by atoms with Gasteiger partial charge in [0.2, 0.25) is 0 Å². The van der Waals surface area contributed by atoms with E-state index >= 15 is 0 Å². The Hall–Kier alpha value is -1.65. The Morgan fingerprint density at radius 3 is 2.76 bits per heavy atom. The van der Waals surface area contributed by atoms with E-state index in [1.807, 2.05) is 47.3 Å². The number of hydrogen-bond donors (Lipinski definition) is 1. The SMILES string of the molecule is c1ccc(-n2ccc(CNC3COC3)n2)cc1. The summed E-state index contributed by atoms with van der Waals surface area (Å²) in [6, 6.07) is 12.7. The zero-order chi connectivity index (χ0) is 11.5. The maximum atomic E-state index is 5.11. The third kappa shape index (κ3) is 2.38. The number of para-hydroxylation sites is 1. The Kier molecular flexibility index (Phi) is 2.90. The highest BCUT2D eigenvalue weighted by atomic mass is 16.5. The van der Waals surface area contributed by atoms with Crippen molar-refractivity contribution in [2.45, 2.75) is 12.6 Å². The topological polar surface area (TPSA) is 39.1 Å². The maximum absolute atomic E-state index is 5.11. The molecule has 2 heterocycles. The lowest BCUT2D eigenvalue weighted by atomic mass is 10.2. The number of benzene rings is 1. The van der Waals surface area contributed by atoms with E-state index in [1.165, 1.54) is 0 Å². The lowest BCUT2D eigenvalue weighted by Crippen LogP contribution is -2.45. The molecule has 0 amide bonds. The van der Waals surface area contributed by atoms with Gasteiger partial charge in [-0.05, 0) is 18.2 Å². The molecule has 0 aliphatic carbocycles. The molecule has 0 spiro atoms. The van der Waals surface area contributed by atoms with Crippen LogP contribution in [0, 0.1) is 0 Å². The molecule has 1 fully saturated rings. The van der Waals surface area contributed by atoms with E-state index in [1.54, 1.807) is 0 Å². The van der Waals surface area contributed by atoms with Gasteiger partial charge in [-0.25, -0.2) is 4.68 Å². The molecular weight excluding hydrogens is 214 g/mol. The molecule has 1 aromatic heterocycles. The fourth-order valence-corrected chi connectivity index (χ4v) is 1.78. The minimum Gasteiger partial charge on any atom is -0.378 e. The van der Waals surface area contributed by atoms with Gasteiger partial charge >= 0.3 is 0 Å². The average molecular weight is 229 g/mol. The van der Waals surface area contributed by atoms with Gasteiger partial charge in [0, 0.05) is 12.7 Å². The van der Waals surface area contributed by atoms with Crippen molar-refractivity contribution in [1.29, 1.82) is 0 Å². The molecule has 1 aliphatic heterocycles. The Morgan fingerprint density at radius 1 is 1.24 bits per heavy atom. The van der Waals surface area contributed by atoms with Gasteiger partial charge in [0.25, 0.3) is 0 Å². The fourth-order valence-electron chi connectivity index (χ4n) is 1.78. The van der Waals surface area contributed by atoms with E-state index in [0.29, 0.717) is 6.04 Å². The zero-order valence-electron chi connectivity index (χ0n) is 9.54. The number of nitrogens with one attached hydrogen (secondary N) is 1. The van der Waals surface area contributed by atoms with Crippen molar-refractivity contribution in [2.24, 2.45) is 0 Å². The summed E-state index contributed by atoms with van der Waals surface area (Å²) in [6.07, 6.45) is 1.99. The molecule has 0 bridgehead atoms. The third-order valence-corrected chi connectivity index (χ3v) is 2.87. The second-order valence-electron chi connectivity index (χ2n) is 4.20. The molecule has 1 aromatic carbocycles. The minimum absolute atomic E-state index is 0.497. The highest BCUT2D eigenvalue weighted by Crippen LogP contribution is 2.07. The second-order valence-corrected chi connectivity index (χ2v) is 4.20. The van der Waals surface area contributed by atoms with E-state index in [9.17, 15) is 0 Å². The lowest BCUT2D eigenvalue weighted by Gasteiger charge is -2.26. The van der Waals surface area contributed by atoms with Gasteiger partial charge in [-0.2, -0.15) is 5.10 Å². The van der Waals surface area contributed by atoms with Crippen LogP contribution in [0.1, 0.15) is 5.69 Å². The van der Waals surface area contributed by atoms with Crippen molar-refractivity contribution in [2.75, 3.05) is 13.2 Å². The monoisotopic (exact) mass is 229 g/mol. The average Bonchev–Trinajstić information content (AvgIpc) is 2.77. The standard InChI is InChI=1S/C13H15N3O/c1-2-4-13(5-3-1)16-7-6-11(15-16)8-14-12-9-17-10-12/h1-7,12,14H,8-10H2. The summed E-state index contributed by atoms with van der Waals surface area (Å²) in [5.41, 5.74) is 2.14. The van der Waals surface area contributed by atoms with Gasteiger partial charge < -0.3 is 10.1 Å². The number of rotatable bonds is 4. The first kappa shape index (κ1) is 10.5. The largest absolute Gasteiger partial charge is 0.378 e.